The molecule has 6 nitrogen and oxygen atoms in total. The Morgan fingerprint density at radius 2 is 2.28 bits per heavy atom. The van der Waals surface area contributed by atoms with Gasteiger partial charge in [0, 0.05) is 17.2 Å². The first-order valence-electron chi connectivity index (χ1n) is 5.19. The van der Waals surface area contributed by atoms with E-state index in [1.165, 1.54) is 11.3 Å². The Labute approximate surface area is 106 Å². The second kappa shape index (κ2) is 3.88. The lowest BCUT2D eigenvalue weighted by Crippen LogP contribution is -1.92. The molecule has 0 fully saturated rings. The van der Waals surface area contributed by atoms with Crippen LogP contribution in [0.4, 0.5) is 5.69 Å². The molecule has 3 rings (SSSR count). The summed E-state index contributed by atoms with van der Waals surface area (Å²) in [4.78, 5) is 15.7. The SMILES string of the molecule is Cc1ccc(-c2cn3ncsc3n2)cc1[N+](=O)[O-]. The Morgan fingerprint density at radius 3 is 3.00 bits per heavy atom. The molecule has 0 atom stereocenters. The molecule has 0 saturated heterocycles. The highest BCUT2D eigenvalue weighted by Gasteiger charge is 2.14. The average molecular weight is 260 g/mol. The zero-order chi connectivity index (χ0) is 12.7. The van der Waals surface area contributed by atoms with Crippen molar-refractivity contribution in [2.45, 2.75) is 6.92 Å². The topological polar surface area (TPSA) is 73.3 Å². The summed E-state index contributed by atoms with van der Waals surface area (Å²) in [6, 6.07) is 5.10. The van der Waals surface area contributed by atoms with Crippen molar-refractivity contribution in [1.82, 2.24) is 14.6 Å². The number of nitrogens with zero attached hydrogens (tertiary/aromatic N) is 4. The number of aromatic nitrogens is 3. The first kappa shape index (κ1) is 10.8. The van der Waals surface area contributed by atoms with E-state index in [4.69, 9.17) is 0 Å². The van der Waals surface area contributed by atoms with Gasteiger partial charge in [-0.3, -0.25) is 10.1 Å². The Hall–Kier alpha value is -2.28. The van der Waals surface area contributed by atoms with E-state index in [9.17, 15) is 10.1 Å². The van der Waals surface area contributed by atoms with Crippen LogP contribution in [0.1, 0.15) is 5.56 Å². The molecule has 90 valence electrons. The third kappa shape index (κ3) is 1.65. The van der Waals surface area contributed by atoms with Gasteiger partial charge in [0.05, 0.1) is 16.8 Å². The van der Waals surface area contributed by atoms with Crippen molar-refractivity contribution in [2.75, 3.05) is 0 Å². The largest absolute Gasteiger partial charge is 0.272 e. The van der Waals surface area contributed by atoms with Gasteiger partial charge < -0.3 is 0 Å². The smallest absolute Gasteiger partial charge is 0.258 e. The van der Waals surface area contributed by atoms with Crippen LogP contribution in [0.3, 0.4) is 0 Å². The minimum atomic E-state index is -0.379. The number of benzene rings is 1. The van der Waals surface area contributed by atoms with E-state index in [1.54, 1.807) is 35.3 Å². The number of nitro benzene ring substituents is 1. The molecule has 18 heavy (non-hydrogen) atoms. The van der Waals surface area contributed by atoms with Crippen LogP contribution in [0.25, 0.3) is 16.2 Å². The van der Waals surface area contributed by atoms with Crippen LogP contribution >= 0.6 is 11.3 Å². The minimum absolute atomic E-state index is 0.108. The second-order valence-electron chi connectivity index (χ2n) is 3.85. The van der Waals surface area contributed by atoms with Gasteiger partial charge in [-0.05, 0) is 6.92 Å². The summed E-state index contributed by atoms with van der Waals surface area (Å²) in [6.45, 7) is 1.72. The molecule has 2 heterocycles. The summed E-state index contributed by atoms with van der Waals surface area (Å²) in [5.74, 6) is 0. The van der Waals surface area contributed by atoms with Crippen LogP contribution in [-0.4, -0.2) is 19.5 Å². The Bertz CT molecular complexity index is 718. The van der Waals surface area contributed by atoms with Crippen LogP contribution in [0.5, 0.6) is 0 Å². The van der Waals surface area contributed by atoms with E-state index in [-0.39, 0.29) is 10.6 Å². The second-order valence-corrected chi connectivity index (χ2v) is 4.66. The minimum Gasteiger partial charge on any atom is -0.258 e. The monoisotopic (exact) mass is 260 g/mol. The third-order valence-corrected chi connectivity index (χ3v) is 3.38. The van der Waals surface area contributed by atoms with E-state index in [0.29, 0.717) is 11.3 Å². The summed E-state index contributed by atoms with van der Waals surface area (Å²) < 4.78 is 1.66. The zero-order valence-corrected chi connectivity index (χ0v) is 10.2. The Kier molecular flexibility index (Phi) is 2.34. The normalized spacial score (nSPS) is 10.9. The molecular formula is C11H8N4O2S. The first-order chi connectivity index (χ1) is 8.65. The van der Waals surface area contributed by atoms with Gasteiger partial charge >= 0.3 is 0 Å². The average Bonchev–Trinajstić information content (AvgIpc) is 2.89. The predicted octanol–water partition coefficient (Wildman–Crippen LogP) is 2.67. The van der Waals surface area contributed by atoms with Crippen LogP contribution in [0.15, 0.2) is 29.9 Å². The van der Waals surface area contributed by atoms with Crippen LogP contribution in [0, 0.1) is 17.0 Å². The summed E-state index contributed by atoms with van der Waals surface area (Å²) in [6.07, 6.45) is 1.76. The summed E-state index contributed by atoms with van der Waals surface area (Å²) in [7, 11) is 0. The molecule has 0 amide bonds. The van der Waals surface area contributed by atoms with Crippen molar-refractivity contribution >= 4 is 22.0 Å². The number of nitro groups is 1. The Balaban J connectivity index is 2.14. The van der Waals surface area contributed by atoms with Gasteiger partial charge in [0.25, 0.3) is 5.69 Å². The van der Waals surface area contributed by atoms with Gasteiger partial charge in [-0.2, -0.15) is 5.10 Å². The molecule has 7 heteroatoms. The van der Waals surface area contributed by atoms with Crippen molar-refractivity contribution in [3.05, 3.63) is 45.6 Å². The molecule has 0 unspecified atom stereocenters. The quantitative estimate of drug-likeness (QED) is 0.524. The molecule has 3 aromatic rings. The lowest BCUT2D eigenvalue weighted by Gasteiger charge is -1.99. The molecule has 0 spiro atoms. The lowest BCUT2D eigenvalue weighted by molar-refractivity contribution is -0.385. The summed E-state index contributed by atoms with van der Waals surface area (Å²) in [5, 5.41) is 15.0. The number of hydrogen-bond acceptors (Lipinski definition) is 5. The zero-order valence-electron chi connectivity index (χ0n) is 9.40. The standard InChI is InChI=1S/C11H8N4O2S/c1-7-2-3-8(4-10(7)15(16)17)9-5-14-11(13-9)18-6-12-14/h2-6H,1H3. The fourth-order valence-corrected chi connectivity index (χ4v) is 2.35. The molecule has 0 aliphatic rings. The van der Waals surface area contributed by atoms with Gasteiger partial charge in [-0.1, -0.05) is 23.5 Å². The van der Waals surface area contributed by atoms with Crippen molar-refractivity contribution < 1.29 is 4.92 Å². The molecule has 0 radical (unpaired) electrons. The number of fused-ring (bicyclic) bond motifs is 1. The van der Waals surface area contributed by atoms with Gasteiger partial charge in [-0.25, -0.2) is 9.50 Å². The first-order valence-corrected chi connectivity index (χ1v) is 6.07. The highest BCUT2D eigenvalue weighted by atomic mass is 32.1. The van der Waals surface area contributed by atoms with Crippen LogP contribution in [0.2, 0.25) is 0 Å². The van der Waals surface area contributed by atoms with Crippen molar-refractivity contribution in [3.8, 4) is 11.3 Å². The highest BCUT2D eigenvalue weighted by molar-refractivity contribution is 7.14. The van der Waals surface area contributed by atoms with Crippen molar-refractivity contribution in [2.24, 2.45) is 0 Å². The fourth-order valence-electron chi connectivity index (χ4n) is 1.74. The highest BCUT2D eigenvalue weighted by Crippen LogP contribution is 2.26. The molecule has 0 bridgehead atoms. The maximum atomic E-state index is 10.9. The van der Waals surface area contributed by atoms with Gasteiger partial charge in [0.2, 0.25) is 4.96 Å². The van der Waals surface area contributed by atoms with E-state index >= 15 is 0 Å². The van der Waals surface area contributed by atoms with Crippen LogP contribution < -0.4 is 0 Å². The Morgan fingerprint density at radius 1 is 1.44 bits per heavy atom. The molecule has 0 saturated carbocycles. The van der Waals surface area contributed by atoms with Gasteiger partial charge in [0.15, 0.2) is 0 Å². The number of imidazole rings is 1. The molecule has 1 aromatic carbocycles. The maximum absolute atomic E-state index is 10.9. The lowest BCUT2D eigenvalue weighted by atomic mass is 10.1. The number of rotatable bonds is 2. The fraction of sp³-hybridized carbons (Fsp3) is 0.0909. The number of aryl methyl sites for hydroxylation is 1. The van der Waals surface area contributed by atoms with Crippen LogP contribution in [-0.2, 0) is 0 Å². The van der Waals surface area contributed by atoms with E-state index < -0.39 is 0 Å². The molecule has 2 aromatic heterocycles. The molecule has 0 N–H and O–H groups in total. The van der Waals surface area contributed by atoms with E-state index in [1.807, 2.05) is 6.07 Å². The number of hydrogen-bond donors (Lipinski definition) is 0. The van der Waals surface area contributed by atoms with Crippen molar-refractivity contribution in [3.63, 3.8) is 0 Å². The van der Waals surface area contributed by atoms with Gasteiger partial charge in [0.1, 0.15) is 5.51 Å². The summed E-state index contributed by atoms with van der Waals surface area (Å²) in [5.41, 5.74) is 3.87. The van der Waals surface area contributed by atoms with E-state index in [0.717, 1.165) is 10.5 Å². The van der Waals surface area contributed by atoms with Crippen molar-refractivity contribution in [1.29, 1.82) is 0 Å². The maximum Gasteiger partial charge on any atom is 0.272 e. The third-order valence-electron chi connectivity index (χ3n) is 2.69. The molecule has 0 aliphatic heterocycles. The molecule has 0 aliphatic carbocycles. The molecular weight excluding hydrogens is 252 g/mol. The van der Waals surface area contributed by atoms with Gasteiger partial charge in [-0.15, -0.1) is 0 Å². The predicted molar refractivity (Wildman–Crippen MR) is 67.7 cm³/mol. The van der Waals surface area contributed by atoms with E-state index in [2.05, 4.69) is 10.1 Å². The summed E-state index contributed by atoms with van der Waals surface area (Å²) >= 11 is 1.42.